The molecule has 0 saturated carbocycles. The molecule has 5 heteroatoms. The summed E-state index contributed by atoms with van der Waals surface area (Å²) in [6.07, 6.45) is -0.148. The monoisotopic (exact) mass is 326 g/mol. The average Bonchev–Trinajstić information content (AvgIpc) is 2.60. The normalized spacial score (nSPS) is 12.9. The number of hydrogen-bond donors (Lipinski definition) is 1. The van der Waals surface area contributed by atoms with E-state index in [-0.39, 0.29) is 18.2 Å². The summed E-state index contributed by atoms with van der Waals surface area (Å²) in [5.74, 6) is -2.13. The van der Waals surface area contributed by atoms with Gasteiger partial charge in [0.05, 0.1) is 7.11 Å². The predicted octanol–water partition coefficient (Wildman–Crippen LogP) is 2.19. The first-order chi connectivity index (χ1) is 11.5. The molecule has 0 bridgehead atoms. The number of anilines is 1. The van der Waals surface area contributed by atoms with Crippen molar-refractivity contribution in [3.8, 4) is 5.75 Å². The van der Waals surface area contributed by atoms with Crippen molar-refractivity contribution in [3.05, 3.63) is 60.2 Å². The third-order valence-corrected chi connectivity index (χ3v) is 4.01. The van der Waals surface area contributed by atoms with Gasteiger partial charge in [-0.2, -0.15) is 0 Å². The standard InChI is InChI=1S/C19H21NO4/c1-13(14-6-4-3-5-7-14)17(19(22)23)12-18(21)20-15-8-10-16(24-2)11-9-15/h3-11,13,17H,12H2,1-2H3,(H,20,21)(H,22,23)/p-1/t13-,17-/m1/s1. The van der Waals surface area contributed by atoms with Crippen LogP contribution in [0.1, 0.15) is 24.8 Å². The van der Waals surface area contributed by atoms with Crippen LogP contribution in [0.4, 0.5) is 5.69 Å². The maximum Gasteiger partial charge on any atom is 0.225 e. The van der Waals surface area contributed by atoms with Crippen LogP contribution < -0.4 is 15.2 Å². The lowest BCUT2D eigenvalue weighted by atomic mass is 9.85. The Kier molecular flexibility index (Phi) is 5.95. The lowest BCUT2D eigenvalue weighted by molar-refractivity contribution is -0.312. The fraction of sp³-hybridized carbons (Fsp3) is 0.263. The largest absolute Gasteiger partial charge is 0.550 e. The Labute approximate surface area is 141 Å². The highest BCUT2D eigenvalue weighted by molar-refractivity contribution is 5.93. The molecule has 0 aliphatic heterocycles. The van der Waals surface area contributed by atoms with E-state index in [4.69, 9.17) is 4.74 Å². The van der Waals surface area contributed by atoms with E-state index in [1.54, 1.807) is 38.3 Å². The number of carboxylic acid groups (broad SMARTS) is 1. The van der Waals surface area contributed by atoms with E-state index in [1.165, 1.54) is 0 Å². The van der Waals surface area contributed by atoms with E-state index < -0.39 is 11.9 Å². The molecule has 0 saturated heterocycles. The first-order valence-electron chi connectivity index (χ1n) is 7.71. The Morgan fingerprint density at radius 3 is 2.25 bits per heavy atom. The molecule has 126 valence electrons. The van der Waals surface area contributed by atoms with Crippen LogP contribution >= 0.6 is 0 Å². The number of aliphatic carboxylic acids is 1. The van der Waals surface area contributed by atoms with Gasteiger partial charge in [-0.1, -0.05) is 37.3 Å². The molecule has 0 fully saturated rings. The van der Waals surface area contributed by atoms with Crippen molar-refractivity contribution in [1.82, 2.24) is 0 Å². The molecular weight excluding hydrogens is 306 g/mol. The molecule has 0 aliphatic carbocycles. The van der Waals surface area contributed by atoms with E-state index in [9.17, 15) is 14.7 Å². The molecule has 0 spiro atoms. The zero-order valence-corrected chi connectivity index (χ0v) is 13.7. The highest BCUT2D eigenvalue weighted by Gasteiger charge is 2.23. The molecule has 2 aromatic rings. The molecule has 1 amide bonds. The van der Waals surface area contributed by atoms with Crippen LogP contribution in [-0.4, -0.2) is 19.0 Å². The number of hydrogen-bond acceptors (Lipinski definition) is 4. The van der Waals surface area contributed by atoms with Gasteiger partial charge in [-0.25, -0.2) is 0 Å². The number of ether oxygens (including phenoxy) is 1. The summed E-state index contributed by atoms with van der Waals surface area (Å²) < 4.78 is 5.05. The maximum absolute atomic E-state index is 12.2. The Bertz CT molecular complexity index is 682. The van der Waals surface area contributed by atoms with Crippen molar-refractivity contribution < 1.29 is 19.4 Å². The number of methoxy groups -OCH3 is 1. The third kappa shape index (κ3) is 4.59. The number of nitrogens with one attached hydrogen (secondary N) is 1. The van der Waals surface area contributed by atoms with E-state index in [0.29, 0.717) is 11.4 Å². The van der Waals surface area contributed by atoms with Gasteiger partial charge >= 0.3 is 0 Å². The fourth-order valence-electron chi connectivity index (χ4n) is 2.54. The molecule has 0 aromatic heterocycles. The number of carboxylic acids is 1. The quantitative estimate of drug-likeness (QED) is 0.846. The third-order valence-electron chi connectivity index (χ3n) is 4.01. The first kappa shape index (κ1) is 17.5. The van der Waals surface area contributed by atoms with Crippen LogP contribution in [0.15, 0.2) is 54.6 Å². The van der Waals surface area contributed by atoms with Crippen molar-refractivity contribution in [2.75, 3.05) is 12.4 Å². The van der Waals surface area contributed by atoms with Crippen molar-refractivity contribution >= 4 is 17.6 Å². The number of carbonyl (C=O) groups is 2. The molecule has 0 radical (unpaired) electrons. The highest BCUT2D eigenvalue weighted by Crippen LogP contribution is 2.27. The molecule has 24 heavy (non-hydrogen) atoms. The summed E-state index contributed by atoms with van der Waals surface area (Å²) in [7, 11) is 1.56. The first-order valence-corrected chi connectivity index (χ1v) is 7.71. The number of rotatable bonds is 7. The molecular formula is C19H20NO4-. The fourth-order valence-corrected chi connectivity index (χ4v) is 2.54. The number of benzene rings is 2. The minimum atomic E-state index is -1.23. The predicted molar refractivity (Wildman–Crippen MR) is 89.6 cm³/mol. The molecule has 0 heterocycles. The summed E-state index contributed by atoms with van der Waals surface area (Å²) in [6.45, 7) is 1.79. The van der Waals surface area contributed by atoms with E-state index in [1.807, 2.05) is 30.3 Å². The summed E-state index contributed by atoms with van der Waals surface area (Å²) in [6, 6.07) is 16.1. The summed E-state index contributed by atoms with van der Waals surface area (Å²) >= 11 is 0. The Hall–Kier alpha value is -2.82. The van der Waals surface area contributed by atoms with Gasteiger partial charge < -0.3 is 20.0 Å². The minimum absolute atomic E-state index is 0.148. The van der Waals surface area contributed by atoms with Crippen LogP contribution in [0, 0.1) is 5.92 Å². The molecule has 0 unspecified atom stereocenters. The summed E-state index contributed by atoms with van der Waals surface area (Å²) in [5, 5.41) is 14.2. The van der Waals surface area contributed by atoms with Crippen LogP contribution in [0.5, 0.6) is 5.75 Å². The topological polar surface area (TPSA) is 78.5 Å². The van der Waals surface area contributed by atoms with E-state index in [2.05, 4.69) is 5.32 Å². The molecule has 2 rings (SSSR count). The van der Waals surface area contributed by atoms with Crippen molar-refractivity contribution in [2.24, 2.45) is 5.92 Å². The lowest BCUT2D eigenvalue weighted by Crippen LogP contribution is -2.36. The van der Waals surface area contributed by atoms with Crippen molar-refractivity contribution in [1.29, 1.82) is 0 Å². The number of amides is 1. The second kappa shape index (κ2) is 8.15. The van der Waals surface area contributed by atoms with Crippen LogP contribution in [0.25, 0.3) is 0 Å². The zero-order chi connectivity index (χ0) is 17.5. The molecule has 0 aliphatic rings. The Morgan fingerprint density at radius 1 is 1.08 bits per heavy atom. The Balaban J connectivity index is 2.04. The smallest absolute Gasteiger partial charge is 0.225 e. The van der Waals surface area contributed by atoms with Gasteiger partial charge in [0.25, 0.3) is 0 Å². The number of carbonyl (C=O) groups excluding carboxylic acids is 2. The van der Waals surface area contributed by atoms with Crippen molar-refractivity contribution in [3.63, 3.8) is 0 Å². The van der Waals surface area contributed by atoms with Crippen LogP contribution in [0.2, 0.25) is 0 Å². The second-order valence-electron chi connectivity index (χ2n) is 5.61. The molecule has 5 nitrogen and oxygen atoms in total. The van der Waals surface area contributed by atoms with Gasteiger partial charge in [0.2, 0.25) is 5.91 Å². The Morgan fingerprint density at radius 2 is 1.71 bits per heavy atom. The van der Waals surface area contributed by atoms with Gasteiger partial charge in [-0.3, -0.25) is 4.79 Å². The van der Waals surface area contributed by atoms with Gasteiger partial charge in [0.15, 0.2) is 0 Å². The lowest BCUT2D eigenvalue weighted by Gasteiger charge is -2.25. The van der Waals surface area contributed by atoms with Crippen LogP contribution in [0.3, 0.4) is 0 Å². The zero-order valence-electron chi connectivity index (χ0n) is 13.7. The molecule has 2 atom stereocenters. The van der Waals surface area contributed by atoms with Crippen molar-refractivity contribution in [2.45, 2.75) is 19.3 Å². The molecule has 1 N–H and O–H groups in total. The van der Waals surface area contributed by atoms with Gasteiger partial charge in [0, 0.05) is 24.0 Å². The summed E-state index contributed by atoms with van der Waals surface area (Å²) in [5.41, 5.74) is 1.45. The second-order valence-corrected chi connectivity index (χ2v) is 5.61. The van der Waals surface area contributed by atoms with E-state index in [0.717, 1.165) is 5.56 Å². The summed E-state index contributed by atoms with van der Waals surface area (Å²) in [4.78, 5) is 23.7. The van der Waals surface area contributed by atoms with Gasteiger partial charge in [-0.15, -0.1) is 0 Å². The van der Waals surface area contributed by atoms with Gasteiger partial charge in [0.1, 0.15) is 5.75 Å². The average molecular weight is 326 g/mol. The van der Waals surface area contributed by atoms with Crippen LogP contribution in [-0.2, 0) is 9.59 Å². The SMILES string of the molecule is COc1ccc(NC(=O)C[C@@H](C(=O)[O-])[C@H](C)c2ccccc2)cc1. The minimum Gasteiger partial charge on any atom is -0.550 e. The maximum atomic E-state index is 12.2. The molecule has 2 aromatic carbocycles. The highest BCUT2D eigenvalue weighted by atomic mass is 16.5. The van der Waals surface area contributed by atoms with Gasteiger partial charge in [-0.05, 0) is 35.7 Å². The van der Waals surface area contributed by atoms with E-state index >= 15 is 0 Å².